The highest BCUT2D eigenvalue weighted by Gasteiger charge is 2.39. The van der Waals surface area contributed by atoms with Gasteiger partial charge in [-0.1, -0.05) is 12.1 Å². The lowest BCUT2D eigenvalue weighted by Crippen LogP contribution is -2.59. The van der Waals surface area contributed by atoms with Crippen molar-refractivity contribution < 1.29 is 27.2 Å². The summed E-state index contributed by atoms with van der Waals surface area (Å²) in [7, 11) is -3.97. The summed E-state index contributed by atoms with van der Waals surface area (Å²) in [4.78, 5) is 18.1. The smallest absolute Gasteiger partial charge is 0.263 e. The lowest BCUT2D eigenvalue weighted by Gasteiger charge is -2.34. The number of hydrogen-bond acceptors (Lipinski definition) is 7. The normalized spacial score (nSPS) is 22.9. The van der Waals surface area contributed by atoms with Crippen LogP contribution in [-0.4, -0.2) is 57.2 Å². The van der Waals surface area contributed by atoms with E-state index < -0.39 is 34.1 Å². The molecule has 0 radical (unpaired) electrons. The molecule has 31 heavy (non-hydrogen) atoms. The first-order valence-electron chi connectivity index (χ1n) is 10.1. The molecule has 2 N–H and O–H groups in total. The Morgan fingerprint density at radius 2 is 2.06 bits per heavy atom. The third kappa shape index (κ3) is 4.97. The molecule has 2 aromatic rings. The fourth-order valence-electron chi connectivity index (χ4n) is 3.64. The number of sulfonamides is 1. The third-order valence-corrected chi connectivity index (χ3v) is 8.62. The van der Waals surface area contributed by atoms with Gasteiger partial charge in [0, 0.05) is 38.2 Å². The number of nitrogens with zero attached hydrogens (tertiary/aromatic N) is 1. The van der Waals surface area contributed by atoms with Crippen molar-refractivity contribution in [2.45, 2.75) is 35.8 Å². The maximum atomic E-state index is 13.5. The van der Waals surface area contributed by atoms with E-state index in [1.807, 2.05) is 0 Å². The number of benzene rings is 1. The van der Waals surface area contributed by atoms with Crippen molar-refractivity contribution >= 4 is 27.3 Å². The van der Waals surface area contributed by atoms with Crippen LogP contribution in [0.15, 0.2) is 39.9 Å². The highest BCUT2D eigenvalue weighted by atomic mass is 32.2. The molecule has 1 unspecified atom stereocenters. The molecule has 0 aliphatic carbocycles. The molecule has 0 spiro atoms. The van der Waals surface area contributed by atoms with Gasteiger partial charge in [0.25, 0.3) is 15.9 Å². The predicted octanol–water partition coefficient (Wildman–Crippen LogP) is 2.09. The van der Waals surface area contributed by atoms with Crippen molar-refractivity contribution in [2.24, 2.45) is 0 Å². The average molecular weight is 470 g/mol. The summed E-state index contributed by atoms with van der Waals surface area (Å²) in [6.07, 6.45) is 2.03. The van der Waals surface area contributed by atoms with Crippen LogP contribution in [0.3, 0.4) is 0 Å². The van der Waals surface area contributed by atoms with Crippen LogP contribution in [0.4, 0.5) is 4.39 Å². The topological polar surface area (TPSA) is 97.0 Å². The molecule has 2 aliphatic heterocycles. The molecule has 2 atom stereocenters. The van der Waals surface area contributed by atoms with E-state index in [0.717, 1.165) is 24.2 Å². The minimum Gasteiger partial charge on any atom is -0.350 e. The van der Waals surface area contributed by atoms with E-state index in [2.05, 4.69) is 10.8 Å². The van der Waals surface area contributed by atoms with Gasteiger partial charge in [0.05, 0.1) is 0 Å². The Bertz CT molecular complexity index is 1010. The highest BCUT2D eigenvalue weighted by Crippen LogP contribution is 2.35. The summed E-state index contributed by atoms with van der Waals surface area (Å²) < 4.78 is 47.1. The molecular formula is C20H24FN3O5S2. The van der Waals surface area contributed by atoms with Crippen molar-refractivity contribution in [1.82, 2.24) is 15.1 Å². The molecule has 168 valence electrons. The summed E-state index contributed by atoms with van der Waals surface area (Å²) in [5.41, 5.74) is 3.45. The minimum absolute atomic E-state index is 0.121. The number of nitrogens with one attached hydrogen (secondary N) is 2. The Morgan fingerprint density at radius 1 is 1.26 bits per heavy atom. The quantitative estimate of drug-likeness (QED) is 0.629. The van der Waals surface area contributed by atoms with E-state index in [1.54, 1.807) is 11.4 Å². The molecular weight excluding hydrogens is 445 g/mol. The first-order valence-corrected chi connectivity index (χ1v) is 12.4. The molecule has 3 heterocycles. The number of amides is 1. The minimum atomic E-state index is -3.97. The van der Waals surface area contributed by atoms with Crippen molar-refractivity contribution in [1.29, 1.82) is 0 Å². The molecule has 8 nitrogen and oxygen atoms in total. The van der Waals surface area contributed by atoms with Crippen molar-refractivity contribution in [3.05, 3.63) is 41.5 Å². The van der Waals surface area contributed by atoms with Gasteiger partial charge >= 0.3 is 0 Å². The van der Waals surface area contributed by atoms with Gasteiger partial charge in [-0.3, -0.25) is 4.79 Å². The molecule has 4 rings (SSSR count). The molecule has 0 saturated carbocycles. The van der Waals surface area contributed by atoms with E-state index in [0.29, 0.717) is 30.7 Å². The molecule has 0 bridgehead atoms. The second kappa shape index (κ2) is 9.72. The zero-order valence-corrected chi connectivity index (χ0v) is 18.4. The summed E-state index contributed by atoms with van der Waals surface area (Å²) >= 11 is 1.07. The maximum absolute atomic E-state index is 13.5. The number of ether oxygens (including phenoxy) is 1. The maximum Gasteiger partial charge on any atom is 0.263 e. The summed E-state index contributed by atoms with van der Waals surface area (Å²) in [5, 5.41) is 4.73. The number of carbonyl (C=O) groups excluding carboxylic acids is 1. The fraction of sp³-hybridized carbons (Fsp3) is 0.450. The monoisotopic (exact) mass is 469 g/mol. The summed E-state index contributed by atoms with van der Waals surface area (Å²) in [5.74, 6) is -0.950. The van der Waals surface area contributed by atoms with Gasteiger partial charge in [0.2, 0.25) is 0 Å². The number of rotatable bonds is 6. The third-order valence-electron chi connectivity index (χ3n) is 5.25. The van der Waals surface area contributed by atoms with Crippen LogP contribution in [0.5, 0.6) is 0 Å². The highest BCUT2D eigenvalue weighted by molar-refractivity contribution is 7.91. The van der Waals surface area contributed by atoms with Crippen LogP contribution in [0, 0.1) is 5.82 Å². The number of hydroxylamine groups is 1. The van der Waals surface area contributed by atoms with Crippen molar-refractivity contribution in [2.75, 3.05) is 26.2 Å². The van der Waals surface area contributed by atoms with Crippen LogP contribution in [0.25, 0.3) is 11.1 Å². The van der Waals surface area contributed by atoms with Gasteiger partial charge in [0.1, 0.15) is 16.1 Å². The molecule has 11 heteroatoms. The Balaban J connectivity index is 1.54. The van der Waals surface area contributed by atoms with Gasteiger partial charge in [-0.25, -0.2) is 23.1 Å². The summed E-state index contributed by atoms with van der Waals surface area (Å²) in [6.45, 7) is 1.29. The first-order chi connectivity index (χ1) is 15.0. The van der Waals surface area contributed by atoms with Gasteiger partial charge in [0.15, 0.2) is 6.29 Å². The number of thiophene rings is 1. The molecule has 1 amide bonds. The molecule has 2 fully saturated rings. The number of halogens is 1. The fourth-order valence-corrected chi connectivity index (χ4v) is 6.73. The van der Waals surface area contributed by atoms with Crippen LogP contribution in [-0.2, 0) is 24.4 Å². The molecule has 2 saturated heterocycles. The number of carbonyl (C=O) groups is 1. The zero-order valence-electron chi connectivity index (χ0n) is 16.8. The van der Waals surface area contributed by atoms with Gasteiger partial charge in [-0.15, -0.1) is 11.3 Å². The predicted molar refractivity (Wildman–Crippen MR) is 113 cm³/mol. The van der Waals surface area contributed by atoms with Crippen LogP contribution in [0.2, 0.25) is 0 Å². The second-order valence-corrected chi connectivity index (χ2v) is 10.3. The van der Waals surface area contributed by atoms with E-state index in [1.165, 1.54) is 28.6 Å². The standard InChI is InChI=1S/C20H24FN3O5S2/c21-15-6-4-14(5-7-15)16-8-12-30-20(16)31(26,27)24-10-9-22-13-17(24)19(25)23-29-18-3-1-2-11-28-18/h4-8,12,17-18,22H,1-3,9-11,13H2,(H,23,25)/t17-,18?/m1/s1. The Kier molecular flexibility index (Phi) is 6.99. The second-order valence-electron chi connectivity index (χ2n) is 7.34. The van der Waals surface area contributed by atoms with Gasteiger partial charge in [-0.05, 0) is 42.0 Å². The van der Waals surface area contributed by atoms with Crippen molar-refractivity contribution in [3.8, 4) is 11.1 Å². The number of hydrogen-bond donors (Lipinski definition) is 2. The number of piperazine rings is 1. The SMILES string of the molecule is O=C(NOC1CCCCO1)[C@H]1CNCCN1S(=O)(=O)c1sccc1-c1ccc(F)cc1. The largest absolute Gasteiger partial charge is 0.350 e. The van der Waals surface area contributed by atoms with Gasteiger partial charge < -0.3 is 10.1 Å². The Labute approximate surface area is 184 Å². The van der Waals surface area contributed by atoms with Crippen LogP contribution >= 0.6 is 11.3 Å². The van der Waals surface area contributed by atoms with E-state index >= 15 is 0 Å². The molecule has 1 aromatic carbocycles. The lowest BCUT2D eigenvalue weighted by molar-refractivity contribution is -0.202. The Morgan fingerprint density at radius 3 is 2.81 bits per heavy atom. The average Bonchev–Trinajstić information content (AvgIpc) is 3.29. The van der Waals surface area contributed by atoms with Crippen LogP contribution in [0.1, 0.15) is 19.3 Å². The Hall–Kier alpha value is -1.89. The van der Waals surface area contributed by atoms with Gasteiger partial charge in [-0.2, -0.15) is 4.31 Å². The van der Waals surface area contributed by atoms with E-state index in [-0.39, 0.29) is 17.3 Å². The zero-order chi connectivity index (χ0) is 21.8. The van der Waals surface area contributed by atoms with Crippen LogP contribution < -0.4 is 10.8 Å². The molecule has 2 aliphatic rings. The molecule has 1 aromatic heterocycles. The van der Waals surface area contributed by atoms with E-state index in [4.69, 9.17) is 9.57 Å². The first kappa shape index (κ1) is 22.3. The summed E-state index contributed by atoms with van der Waals surface area (Å²) in [6, 6.07) is 6.37. The van der Waals surface area contributed by atoms with E-state index in [9.17, 15) is 17.6 Å². The lowest BCUT2D eigenvalue weighted by atomic mass is 10.1. The van der Waals surface area contributed by atoms with Crippen molar-refractivity contribution in [3.63, 3.8) is 0 Å².